The van der Waals surface area contributed by atoms with Crippen molar-refractivity contribution in [2.75, 3.05) is 6.61 Å². The highest BCUT2D eigenvalue weighted by molar-refractivity contribution is 5.65. The van der Waals surface area contributed by atoms with E-state index in [0.717, 1.165) is 31.2 Å². The van der Waals surface area contributed by atoms with Crippen LogP contribution in [0.4, 0.5) is 17.6 Å². The van der Waals surface area contributed by atoms with Crippen LogP contribution in [0.2, 0.25) is 0 Å². The van der Waals surface area contributed by atoms with Crippen molar-refractivity contribution in [1.29, 1.82) is 0 Å². The van der Waals surface area contributed by atoms with Gasteiger partial charge in [-0.1, -0.05) is 68.3 Å². The van der Waals surface area contributed by atoms with Crippen LogP contribution in [0.15, 0.2) is 48.5 Å². The van der Waals surface area contributed by atoms with Gasteiger partial charge in [0.05, 0.1) is 6.61 Å². The number of hydrogen-bond donors (Lipinski definition) is 0. The van der Waals surface area contributed by atoms with Crippen LogP contribution in [-0.2, 0) is 24.2 Å². The summed E-state index contributed by atoms with van der Waals surface area (Å²) in [6.07, 6.45) is 4.70. The Kier molecular flexibility index (Phi) is 8.27. The highest BCUT2D eigenvalue weighted by atomic mass is 19.2. The maximum atomic E-state index is 15.0. The van der Waals surface area contributed by atoms with Crippen molar-refractivity contribution < 1.29 is 22.3 Å². The van der Waals surface area contributed by atoms with E-state index >= 15 is 0 Å². The second-order valence-corrected chi connectivity index (χ2v) is 9.63. The molecule has 0 atom stereocenters. The van der Waals surface area contributed by atoms with E-state index in [1.165, 1.54) is 0 Å². The van der Waals surface area contributed by atoms with Crippen molar-refractivity contribution in [3.8, 4) is 11.1 Å². The Morgan fingerprint density at radius 1 is 0.714 bits per heavy atom. The van der Waals surface area contributed by atoms with Gasteiger partial charge < -0.3 is 4.74 Å². The zero-order valence-corrected chi connectivity index (χ0v) is 20.4. The van der Waals surface area contributed by atoms with Crippen molar-refractivity contribution in [3.05, 3.63) is 94.1 Å². The van der Waals surface area contributed by atoms with E-state index in [1.54, 1.807) is 43.3 Å². The molecule has 1 aliphatic carbocycles. The lowest BCUT2D eigenvalue weighted by molar-refractivity contribution is 0.131. The van der Waals surface area contributed by atoms with Crippen LogP contribution in [0.3, 0.4) is 0 Å². The molecule has 3 aromatic carbocycles. The fourth-order valence-corrected chi connectivity index (χ4v) is 4.95. The lowest BCUT2D eigenvalue weighted by Crippen LogP contribution is -2.13. The van der Waals surface area contributed by atoms with Crippen LogP contribution < -0.4 is 0 Å². The molecule has 0 radical (unpaired) electrons. The van der Waals surface area contributed by atoms with Gasteiger partial charge in [-0.3, -0.25) is 0 Å². The van der Waals surface area contributed by atoms with Gasteiger partial charge in [-0.25, -0.2) is 17.6 Å². The van der Waals surface area contributed by atoms with Crippen molar-refractivity contribution in [1.82, 2.24) is 0 Å². The van der Waals surface area contributed by atoms with E-state index in [1.807, 2.05) is 12.1 Å². The van der Waals surface area contributed by atoms with Gasteiger partial charge in [-0.2, -0.15) is 0 Å². The Labute approximate surface area is 205 Å². The van der Waals surface area contributed by atoms with Gasteiger partial charge in [0.2, 0.25) is 0 Å². The minimum absolute atomic E-state index is 0.0407. The van der Waals surface area contributed by atoms with E-state index < -0.39 is 23.3 Å². The molecule has 35 heavy (non-hydrogen) atoms. The lowest BCUT2D eigenvalue weighted by atomic mass is 9.79. The van der Waals surface area contributed by atoms with Gasteiger partial charge in [0.25, 0.3) is 0 Å². The average Bonchev–Trinajstić information content (AvgIpc) is 2.87. The average molecular weight is 485 g/mol. The molecule has 0 heterocycles. The molecule has 0 N–H and O–H groups in total. The highest BCUT2D eigenvalue weighted by Gasteiger charge is 2.25. The third kappa shape index (κ3) is 5.78. The maximum absolute atomic E-state index is 15.0. The highest BCUT2D eigenvalue weighted by Crippen LogP contribution is 2.38. The molecule has 0 saturated heterocycles. The fourth-order valence-electron chi connectivity index (χ4n) is 4.95. The topological polar surface area (TPSA) is 9.23 Å². The van der Waals surface area contributed by atoms with Crippen molar-refractivity contribution in [2.24, 2.45) is 5.92 Å². The summed E-state index contributed by atoms with van der Waals surface area (Å²) >= 11 is 0. The molecule has 0 amide bonds. The van der Waals surface area contributed by atoms with E-state index in [0.29, 0.717) is 42.1 Å². The summed E-state index contributed by atoms with van der Waals surface area (Å²) in [6.45, 7) is 4.47. The Balaban J connectivity index is 1.44. The van der Waals surface area contributed by atoms with Crippen LogP contribution in [0.25, 0.3) is 11.1 Å². The van der Waals surface area contributed by atoms with Gasteiger partial charge >= 0.3 is 0 Å². The van der Waals surface area contributed by atoms with Crippen LogP contribution in [0, 0.1) is 29.2 Å². The fraction of sp³-hybridized carbons (Fsp3) is 0.400. The second-order valence-electron chi connectivity index (χ2n) is 9.63. The van der Waals surface area contributed by atoms with Crippen LogP contribution in [0.5, 0.6) is 0 Å². The number of hydrogen-bond acceptors (Lipinski definition) is 1. The molecule has 1 aliphatic rings. The zero-order chi connectivity index (χ0) is 24.9. The molecule has 4 rings (SSSR count). The summed E-state index contributed by atoms with van der Waals surface area (Å²) < 4.78 is 63.8. The molecule has 0 unspecified atom stereocenters. The minimum atomic E-state index is -0.866. The predicted molar refractivity (Wildman–Crippen MR) is 131 cm³/mol. The first-order chi connectivity index (χ1) is 16.9. The molecule has 1 saturated carbocycles. The number of aryl methyl sites for hydroxylation is 2. The van der Waals surface area contributed by atoms with Crippen molar-refractivity contribution in [3.63, 3.8) is 0 Å². The Morgan fingerprint density at radius 2 is 1.37 bits per heavy atom. The molecule has 1 nitrogen and oxygen atoms in total. The Morgan fingerprint density at radius 3 is 2.06 bits per heavy atom. The summed E-state index contributed by atoms with van der Waals surface area (Å²) in [5, 5.41) is 0. The minimum Gasteiger partial charge on any atom is -0.377 e. The lowest BCUT2D eigenvalue weighted by Gasteiger charge is -2.27. The van der Waals surface area contributed by atoms with Gasteiger partial charge in [0.1, 0.15) is 0 Å². The first-order valence-corrected chi connectivity index (χ1v) is 12.5. The third-order valence-electron chi connectivity index (χ3n) is 7.22. The first kappa shape index (κ1) is 25.4. The maximum Gasteiger partial charge on any atom is 0.166 e. The summed E-state index contributed by atoms with van der Waals surface area (Å²) in [5.74, 6) is -2.53. The van der Waals surface area contributed by atoms with Crippen LogP contribution in [0.1, 0.15) is 67.7 Å². The number of rotatable bonds is 8. The number of benzene rings is 3. The molecule has 5 heteroatoms. The molecule has 1 fully saturated rings. The molecule has 3 aromatic rings. The van der Waals surface area contributed by atoms with Crippen molar-refractivity contribution in [2.45, 2.75) is 64.9 Å². The van der Waals surface area contributed by atoms with Gasteiger partial charge in [-0.15, -0.1) is 0 Å². The molecular formula is C30H32F4O. The molecule has 0 bridgehead atoms. The zero-order valence-electron chi connectivity index (χ0n) is 20.4. The van der Waals surface area contributed by atoms with Gasteiger partial charge in [0.15, 0.2) is 23.3 Å². The Bertz CT molecular complexity index is 1150. The smallest absolute Gasteiger partial charge is 0.166 e. The third-order valence-corrected chi connectivity index (χ3v) is 7.22. The molecule has 0 aromatic heterocycles. The summed E-state index contributed by atoms with van der Waals surface area (Å²) in [6, 6.07) is 13.7. The Hall–Kier alpha value is -2.66. The van der Waals surface area contributed by atoms with Crippen LogP contribution >= 0.6 is 0 Å². The van der Waals surface area contributed by atoms with Gasteiger partial charge in [0, 0.05) is 17.7 Å². The molecule has 0 spiro atoms. The van der Waals surface area contributed by atoms with E-state index in [-0.39, 0.29) is 23.7 Å². The largest absolute Gasteiger partial charge is 0.377 e. The van der Waals surface area contributed by atoms with Crippen LogP contribution in [-0.4, -0.2) is 6.61 Å². The summed E-state index contributed by atoms with van der Waals surface area (Å²) in [7, 11) is 0. The summed E-state index contributed by atoms with van der Waals surface area (Å²) in [5.41, 5.74) is 2.71. The van der Waals surface area contributed by atoms with Crippen molar-refractivity contribution >= 4 is 0 Å². The SMILES string of the molecule is CCOCc1ccc(CCc2ccc(-c3ccc(C4CCC(C)CC4)c(F)c3F)cc2)c(F)c1F. The van der Waals surface area contributed by atoms with Gasteiger partial charge in [-0.05, 0) is 66.7 Å². The standard InChI is InChI=1S/C30H32F4O/c1-3-35-18-24-15-14-23(27(31)28(24)32)13-8-20-6-11-22(12-7-20)26-17-16-25(29(33)30(26)34)21-9-4-19(2)5-10-21/h6-7,11-12,14-17,19,21H,3-5,8-10,13,18H2,1-2H3. The predicted octanol–water partition coefficient (Wildman–Crippen LogP) is 8.53. The normalized spacial score (nSPS) is 18.1. The quantitative estimate of drug-likeness (QED) is 0.291. The van der Waals surface area contributed by atoms with E-state index in [4.69, 9.17) is 4.74 Å². The molecular weight excluding hydrogens is 452 g/mol. The van der Waals surface area contributed by atoms with E-state index in [9.17, 15) is 17.6 Å². The second kappa shape index (κ2) is 11.4. The summed E-state index contributed by atoms with van der Waals surface area (Å²) in [4.78, 5) is 0. The molecule has 186 valence electrons. The monoisotopic (exact) mass is 484 g/mol. The van der Waals surface area contributed by atoms with E-state index in [2.05, 4.69) is 6.92 Å². The number of ether oxygens (including phenoxy) is 1. The first-order valence-electron chi connectivity index (χ1n) is 12.5. The number of halogens is 4. The molecule has 0 aliphatic heterocycles.